The van der Waals surface area contributed by atoms with E-state index in [9.17, 15) is 33.7 Å². The van der Waals surface area contributed by atoms with Crippen LogP contribution in [0.2, 0.25) is 0 Å². The average molecular weight is 1030 g/mol. The van der Waals surface area contributed by atoms with Gasteiger partial charge in [-0.3, -0.25) is 18.6 Å². The van der Waals surface area contributed by atoms with Gasteiger partial charge in [-0.25, -0.2) is 33.7 Å². The molecule has 364 valence electrons. The maximum atomic E-state index is 12.9. The Labute approximate surface area is 392 Å². The number of nitrogens with zero attached hydrogens (tertiary/aromatic N) is 6. The number of amidine groups is 2. The van der Waals surface area contributed by atoms with Crippen LogP contribution in [0.25, 0.3) is 9.44 Å². The largest absolute Gasteiger partial charge is 2.00 e. The van der Waals surface area contributed by atoms with Gasteiger partial charge in [0.15, 0.2) is 0 Å². The molecule has 0 radical (unpaired) electrons. The minimum Gasteiger partial charge on any atom is -0.544 e. The third-order valence-corrected chi connectivity index (χ3v) is 15.8. The Morgan fingerprint density at radius 2 is 0.723 bits per heavy atom. The molecular weight excluding hydrogens is 971 g/mol. The number of hydrogen-bond donors (Lipinski definition) is 2. The Morgan fingerprint density at radius 1 is 0.462 bits per heavy atom. The van der Waals surface area contributed by atoms with Crippen molar-refractivity contribution in [2.45, 2.75) is 47.3 Å². The Kier molecular flexibility index (Phi) is 25.1. The molecule has 0 atom stereocenters. The Balaban J connectivity index is 0.00000117. The van der Waals surface area contributed by atoms with Gasteiger partial charge < -0.3 is 42.0 Å². The van der Waals surface area contributed by atoms with Crippen LogP contribution in [0.4, 0.5) is 0 Å². The zero-order valence-electron chi connectivity index (χ0n) is 36.2. The molecule has 2 aliphatic heterocycles. The summed E-state index contributed by atoms with van der Waals surface area (Å²) < 4.78 is 111. The van der Waals surface area contributed by atoms with Crippen molar-refractivity contribution < 1.29 is 72.1 Å². The van der Waals surface area contributed by atoms with Crippen LogP contribution in [-0.4, -0.2) is 141 Å². The molecule has 0 saturated carbocycles. The fourth-order valence-electron chi connectivity index (χ4n) is 5.90. The fraction of sp³-hybridized carbons (Fsp3) is 0.350. The second-order valence-corrected chi connectivity index (χ2v) is 21.1. The average Bonchev–Trinajstić information content (AvgIpc) is 3.90. The Hall–Kier alpha value is -4.21. The molecule has 0 saturated heterocycles. The van der Waals surface area contributed by atoms with E-state index in [0.717, 1.165) is 22.3 Å². The van der Waals surface area contributed by atoms with E-state index in [1.54, 1.807) is 72.8 Å². The first kappa shape index (κ1) is 60.8. The minimum absolute atomic E-state index is 0. The van der Waals surface area contributed by atoms with Gasteiger partial charge in [-0.2, -0.15) is 0 Å². The Bertz CT molecular complexity index is 2420. The number of nitrogens with one attached hydrogen (secondary N) is 2. The molecule has 25 heteroatoms. The van der Waals surface area contributed by atoms with E-state index in [0.29, 0.717) is 37.9 Å². The van der Waals surface area contributed by atoms with Gasteiger partial charge >= 0.3 is 16.5 Å². The molecular formula is C40H58N8NiO12S4. The summed E-state index contributed by atoms with van der Waals surface area (Å²) in [5.74, 6) is 0.828. The molecule has 4 aromatic rings. The van der Waals surface area contributed by atoms with Crippen molar-refractivity contribution in [3.63, 3.8) is 0 Å². The number of hydrogen-bond acceptors (Lipinski definition) is 12. The molecule has 0 amide bonds. The number of aliphatic imine (C=N–C) groups is 2. The molecule has 10 N–H and O–H groups in total. The number of sulfonamides is 4. The van der Waals surface area contributed by atoms with Crippen LogP contribution in [0, 0.1) is 27.7 Å². The van der Waals surface area contributed by atoms with Gasteiger partial charge in [0.2, 0.25) is 0 Å². The first-order valence-corrected chi connectivity index (χ1v) is 24.8. The fourth-order valence-corrected chi connectivity index (χ4v) is 10.7. The summed E-state index contributed by atoms with van der Waals surface area (Å²) in [7, 11) is -14.7. The zero-order chi connectivity index (χ0) is 43.6. The van der Waals surface area contributed by atoms with Gasteiger partial charge in [-0.05, 0) is 89.3 Å². The summed E-state index contributed by atoms with van der Waals surface area (Å²) in [4.78, 5) is 9.32. The number of rotatable bonds is 18. The maximum absolute atomic E-state index is 12.9. The molecule has 2 aliphatic rings. The van der Waals surface area contributed by atoms with Crippen LogP contribution < -0.4 is 10.6 Å². The molecule has 2 heterocycles. The molecule has 4 aromatic carbocycles. The van der Waals surface area contributed by atoms with Gasteiger partial charge in [-0.15, -0.1) is 13.1 Å². The van der Waals surface area contributed by atoms with Crippen LogP contribution in [0.5, 0.6) is 0 Å². The maximum Gasteiger partial charge on any atom is 2.00 e. The van der Waals surface area contributed by atoms with Gasteiger partial charge in [-0.1, -0.05) is 70.8 Å². The summed E-state index contributed by atoms with van der Waals surface area (Å²) in [5.41, 5.74) is 3.90. The smallest absolute Gasteiger partial charge is 0.544 e. The number of benzene rings is 4. The van der Waals surface area contributed by atoms with E-state index in [1.807, 2.05) is 27.7 Å². The molecule has 0 aliphatic carbocycles. The zero-order valence-corrected chi connectivity index (χ0v) is 40.5. The predicted octanol–water partition coefficient (Wildman–Crippen LogP) is 0.816. The summed E-state index contributed by atoms with van der Waals surface area (Å²) in [6, 6.07) is 26.4. The van der Waals surface area contributed by atoms with Crippen molar-refractivity contribution >= 4 is 51.8 Å². The van der Waals surface area contributed by atoms with Crippen LogP contribution in [-0.2, 0) is 56.6 Å². The monoisotopic (exact) mass is 1030 g/mol. The standard InChI is InChI=1S/2C20H25N4O4S2.Ni.4H2O/c2*1-16-3-7-18(8-4-16)29(25,26)23-12-11-21-15-20-22-13-14-24(20)30(27,28)19-9-5-17(2)6-10-19;;;;;/h2*3-10,21H,11-15H2,1-2H3;;4*1H2/q2*-1;+2;;;;. The van der Waals surface area contributed by atoms with Crippen molar-refractivity contribution in [3.8, 4) is 0 Å². The van der Waals surface area contributed by atoms with Crippen molar-refractivity contribution in [1.29, 1.82) is 0 Å². The normalized spacial score (nSPS) is 13.6. The summed E-state index contributed by atoms with van der Waals surface area (Å²) >= 11 is 0. The summed E-state index contributed by atoms with van der Waals surface area (Å²) in [6.45, 7) is 10.0. The van der Waals surface area contributed by atoms with Crippen molar-refractivity contribution in [2.24, 2.45) is 9.98 Å². The molecule has 6 rings (SSSR count). The molecule has 0 aromatic heterocycles. The first-order chi connectivity index (χ1) is 28.4. The molecule has 65 heavy (non-hydrogen) atoms. The minimum atomic E-state index is -3.70. The molecule has 0 spiro atoms. The topological polar surface area (TPSA) is 346 Å². The van der Waals surface area contributed by atoms with Gasteiger partial charge in [0, 0.05) is 9.79 Å². The van der Waals surface area contributed by atoms with Crippen LogP contribution in [0.15, 0.2) is 127 Å². The number of aryl methyl sites for hydroxylation is 4. The van der Waals surface area contributed by atoms with Gasteiger partial charge in [0.25, 0.3) is 20.0 Å². The van der Waals surface area contributed by atoms with E-state index in [4.69, 9.17) is 0 Å². The van der Waals surface area contributed by atoms with E-state index >= 15 is 0 Å². The third-order valence-electron chi connectivity index (χ3n) is 9.29. The quantitative estimate of drug-likeness (QED) is 0.104. The van der Waals surface area contributed by atoms with Crippen LogP contribution >= 0.6 is 0 Å². The van der Waals surface area contributed by atoms with Crippen LogP contribution in [0.3, 0.4) is 0 Å². The molecule has 0 unspecified atom stereocenters. The second kappa shape index (κ2) is 26.8. The predicted molar refractivity (Wildman–Crippen MR) is 248 cm³/mol. The van der Waals surface area contributed by atoms with E-state index in [1.165, 1.54) is 32.9 Å². The van der Waals surface area contributed by atoms with Crippen LogP contribution in [0.1, 0.15) is 22.3 Å². The molecule has 20 nitrogen and oxygen atoms in total. The van der Waals surface area contributed by atoms with E-state index in [-0.39, 0.29) is 97.2 Å². The third kappa shape index (κ3) is 16.6. The van der Waals surface area contributed by atoms with Crippen molar-refractivity contribution in [1.82, 2.24) is 19.2 Å². The second-order valence-electron chi connectivity index (χ2n) is 14.0. The van der Waals surface area contributed by atoms with Crippen molar-refractivity contribution in [2.75, 3.05) is 65.4 Å². The summed E-state index contributed by atoms with van der Waals surface area (Å²) in [6.07, 6.45) is 0. The summed E-state index contributed by atoms with van der Waals surface area (Å²) in [5, 5.41) is 6.06. The molecule has 0 bridgehead atoms. The molecule has 0 fully saturated rings. The van der Waals surface area contributed by atoms with Gasteiger partial charge in [0.05, 0.1) is 49.1 Å². The first-order valence-electron chi connectivity index (χ1n) is 19.1. The Morgan fingerprint density at radius 3 is 1.00 bits per heavy atom. The van der Waals surface area contributed by atoms with E-state index in [2.05, 4.69) is 30.1 Å². The SMILES string of the molecule is Cc1ccc(S(=O)(=O)[N-]CCNCC2=NCCN2S(=O)(=O)c2ccc(C)cc2)cc1.Cc1ccc(S(=O)(=O)[N-]CCNCC2=NCCN2S(=O)(=O)c2ccc(C)cc2)cc1.O.O.O.O.[Ni+2]. The van der Waals surface area contributed by atoms with E-state index < -0.39 is 40.1 Å². The van der Waals surface area contributed by atoms with Crippen molar-refractivity contribution in [3.05, 3.63) is 129 Å². The van der Waals surface area contributed by atoms with Gasteiger partial charge in [0.1, 0.15) is 31.7 Å².